The van der Waals surface area contributed by atoms with Crippen molar-refractivity contribution in [3.05, 3.63) is 47.8 Å². The zero-order valence-electron chi connectivity index (χ0n) is 16.6. The summed E-state index contributed by atoms with van der Waals surface area (Å²) in [6, 6.07) is 3.12. The van der Waals surface area contributed by atoms with Crippen molar-refractivity contribution < 1.29 is 18.3 Å². The topological polar surface area (TPSA) is 58.6 Å². The molecule has 158 valence electrons. The van der Waals surface area contributed by atoms with Crippen LogP contribution in [0.4, 0.5) is 14.7 Å². The van der Waals surface area contributed by atoms with E-state index in [4.69, 9.17) is 4.74 Å². The molecule has 30 heavy (non-hydrogen) atoms. The maximum absolute atomic E-state index is 13.7. The number of halogens is 2. The summed E-state index contributed by atoms with van der Waals surface area (Å²) in [5.74, 6) is -0.673. The van der Waals surface area contributed by atoms with Gasteiger partial charge < -0.3 is 14.5 Å². The van der Waals surface area contributed by atoms with E-state index in [0.717, 1.165) is 11.0 Å². The van der Waals surface area contributed by atoms with Gasteiger partial charge in [0.2, 0.25) is 5.95 Å². The van der Waals surface area contributed by atoms with Gasteiger partial charge in [-0.25, -0.2) is 18.7 Å². The monoisotopic (exact) mass is 432 g/mol. The summed E-state index contributed by atoms with van der Waals surface area (Å²) >= 11 is 1.59. The molecule has 0 bridgehead atoms. The first kappa shape index (κ1) is 19.7. The number of carbonyl (C=O) groups is 1. The average molecular weight is 432 g/mol. The summed E-state index contributed by atoms with van der Waals surface area (Å²) in [4.78, 5) is 27.0. The number of nitrogens with zero attached hydrogens (tertiary/aromatic N) is 4. The number of aromatic nitrogens is 2. The van der Waals surface area contributed by atoms with Crippen molar-refractivity contribution in [1.29, 1.82) is 0 Å². The lowest BCUT2D eigenvalue weighted by molar-refractivity contribution is -0.140. The Bertz CT molecular complexity index is 946. The van der Waals surface area contributed by atoms with Gasteiger partial charge in [0, 0.05) is 49.3 Å². The van der Waals surface area contributed by atoms with Crippen LogP contribution < -0.4 is 4.90 Å². The molecule has 1 aromatic carbocycles. The van der Waals surface area contributed by atoms with Gasteiger partial charge in [-0.15, -0.1) is 11.8 Å². The first-order valence-electron chi connectivity index (χ1n) is 10.1. The lowest BCUT2D eigenvalue weighted by Gasteiger charge is -2.37. The molecule has 3 saturated heterocycles. The molecule has 4 heterocycles. The number of fused-ring (bicyclic) bond motifs is 1. The van der Waals surface area contributed by atoms with Crippen LogP contribution in [0.5, 0.6) is 0 Å². The molecule has 1 spiro atoms. The Balaban J connectivity index is 1.32. The second-order valence-electron chi connectivity index (χ2n) is 7.99. The Morgan fingerprint density at radius 1 is 1.10 bits per heavy atom. The number of amides is 1. The Morgan fingerprint density at radius 2 is 1.77 bits per heavy atom. The number of hydrogen-bond acceptors (Lipinski definition) is 6. The molecule has 2 aromatic rings. The smallest absolute Gasteiger partial charge is 0.257 e. The fraction of sp³-hybridized carbons (Fsp3) is 0.476. The highest BCUT2D eigenvalue weighted by atomic mass is 32.2. The maximum atomic E-state index is 13.7. The molecular formula is C21H22F2N4O2S. The minimum atomic E-state index is -0.870. The fourth-order valence-corrected chi connectivity index (χ4v) is 5.10. The van der Waals surface area contributed by atoms with E-state index < -0.39 is 17.2 Å². The van der Waals surface area contributed by atoms with E-state index in [-0.39, 0.29) is 18.2 Å². The zero-order valence-corrected chi connectivity index (χ0v) is 17.4. The number of hydrogen-bond donors (Lipinski definition) is 0. The Hall–Kier alpha value is -2.26. The number of benzene rings is 1. The van der Waals surface area contributed by atoms with Crippen LogP contribution in [0.15, 0.2) is 35.5 Å². The Kier molecular flexibility index (Phi) is 4.89. The summed E-state index contributed by atoms with van der Waals surface area (Å²) < 4.78 is 33.7. The standard InChI is InChI=1S/C21H22F2N4O2S/c1-30-16-11-24-20(25-12-16)26-6-4-21(5-7-26)19(28)27-17(2-3-18(27)29-21)13-8-14(22)10-15(23)9-13/h8-12,17-18H,2-7H2,1H3/t17-,18+/m0/s1. The highest BCUT2D eigenvalue weighted by Gasteiger charge is 2.58. The number of anilines is 1. The lowest BCUT2D eigenvalue weighted by Crippen LogP contribution is -2.50. The van der Waals surface area contributed by atoms with Crippen LogP contribution in [0.2, 0.25) is 0 Å². The molecule has 0 saturated carbocycles. The van der Waals surface area contributed by atoms with Crippen molar-refractivity contribution >= 4 is 23.6 Å². The third-order valence-electron chi connectivity index (χ3n) is 6.29. The molecule has 6 nitrogen and oxygen atoms in total. The zero-order chi connectivity index (χ0) is 20.9. The van der Waals surface area contributed by atoms with E-state index in [9.17, 15) is 13.6 Å². The van der Waals surface area contributed by atoms with Crippen molar-refractivity contribution in [2.45, 2.75) is 48.4 Å². The van der Waals surface area contributed by atoms with Gasteiger partial charge in [-0.2, -0.15) is 0 Å². The number of ether oxygens (including phenoxy) is 1. The van der Waals surface area contributed by atoms with Gasteiger partial charge in [0.05, 0.1) is 6.04 Å². The van der Waals surface area contributed by atoms with Crippen molar-refractivity contribution in [1.82, 2.24) is 14.9 Å². The second-order valence-corrected chi connectivity index (χ2v) is 8.86. The van der Waals surface area contributed by atoms with Gasteiger partial charge >= 0.3 is 0 Å². The van der Waals surface area contributed by atoms with E-state index in [1.54, 1.807) is 29.1 Å². The molecule has 1 amide bonds. The van der Waals surface area contributed by atoms with Crippen LogP contribution >= 0.6 is 11.8 Å². The molecule has 3 aliphatic rings. The summed E-state index contributed by atoms with van der Waals surface area (Å²) in [5.41, 5.74) is -0.381. The Labute approximate surface area is 177 Å². The lowest BCUT2D eigenvalue weighted by atomic mass is 9.89. The van der Waals surface area contributed by atoms with Crippen LogP contribution in [0.25, 0.3) is 0 Å². The van der Waals surface area contributed by atoms with Crippen LogP contribution in [0.1, 0.15) is 37.3 Å². The minimum Gasteiger partial charge on any atom is -0.342 e. The summed E-state index contributed by atoms with van der Waals surface area (Å²) in [6.45, 7) is 1.23. The second kappa shape index (κ2) is 7.46. The first-order valence-corrected chi connectivity index (χ1v) is 11.3. The molecule has 0 N–H and O–H groups in total. The van der Waals surface area contributed by atoms with E-state index >= 15 is 0 Å². The van der Waals surface area contributed by atoms with Crippen LogP contribution in [-0.2, 0) is 9.53 Å². The quantitative estimate of drug-likeness (QED) is 0.692. The molecule has 3 aliphatic heterocycles. The number of thioether (sulfide) groups is 1. The third-order valence-corrected chi connectivity index (χ3v) is 6.98. The van der Waals surface area contributed by atoms with Crippen LogP contribution in [0.3, 0.4) is 0 Å². The predicted octanol–water partition coefficient (Wildman–Crippen LogP) is 3.54. The third kappa shape index (κ3) is 3.24. The molecule has 1 aromatic heterocycles. The van der Waals surface area contributed by atoms with Crippen molar-refractivity contribution in [2.24, 2.45) is 0 Å². The summed E-state index contributed by atoms with van der Waals surface area (Å²) in [6.07, 6.45) is 7.62. The Morgan fingerprint density at radius 3 is 2.40 bits per heavy atom. The van der Waals surface area contributed by atoms with Gasteiger partial charge in [-0.1, -0.05) is 0 Å². The highest BCUT2D eigenvalue weighted by molar-refractivity contribution is 7.98. The van der Waals surface area contributed by atoms with Gasteiger partial charge in [-0.3, -0.25) is 4.79 Å². The van der Waals surface area contributed by atoms with Crippen molar-refractivity contribution in [3.8, 4) is 0 Å². The van der Waals surface area contributed by atoms with Gasteiger partial charge in [0.25, 0.3) is 5.91 Å². The fourth-order valence-electron chi connectivity index (χ4n) is 4.79. The van der Waals surface area contributed by atoms with E-state index in [1.807, 2.05) is 6.26 Å². The van der Waals surface area contributed by atoms with Crippen LogP contribution in [0, 0.1) is 11.6 Å². The summed E-state index contributed by atoms with van der Waals surface area (Å²) in [5, 5.41) is 0. The van der Waals surface area contributed by atoms with E-state index in [0.29, 0.717) is 50.3 Å². The first-order chi connectivity index (χ1) is 14.5. The molecule has 5 rings (SSSR count). The molecule has 3 fully saturated rings. The van der Waals surface area contributed by atoms with Gasteiger partial charge in [0.15, 0.2) is 5.60 Å². The minimum absolute atomic E-state index is 0.0713. The largest absolute Gasteiger partial charge is 0.342 e. The van der Waals surface area contributed by atoms with Crippen molar-refractivity contribution in [2.75, 3.05) is 24.2 Å². The number of piperidine rings is 1. The van der Waals surface area contributed by atoms with Crippen molar-refractivity contribution in [3.63, 3.8) is 0 Å². The van der Waals surface area contributed by atoms with Gasteiger partial charge in [0.1, 0.15) is 17.9 Å². The average Bonchev–Trinajstić information content (AvgIpc) is 3.26. The van der Waals surface area contributed by atoms with Crippen LogP contribution in [-0.4, -0.2) is 51.9 Å². The maximum Gasteiger partial charge on any atom is 0.257 e. The number of rotatable bonds is 3. The summed E-state index contributed by atoms with van der Waals surface area (Å²) in [7, 11) is 0. The molecule has 0 radical (unpaired) electrons. The molecule has 2 atom stereocenters. The van der Waals surface area contributed by atoms with E-state index in [2.05, 4.69) is 14.9 Å². The highest BCUT2D eigenvalue weighted by Crippen LogP contribution is 2.47. The molecular weight excluding hydrogens is 410 g/mol. The molecule has 0 unspecified atom stereocenters. The molecule has 9 heteroatoms. The molecule has 0 aliphatic carbocycles. The van der Waals surface area contributed by atoms with Gasteiger partial charge in [-0.05, 0) is 36.8 Å². The predicted molar refractivity (Wildman–Crippen MR) is 108 cm³/mol. The number of carbonyl (C=O) groups excluding carboxylic acids is 1. The SMILES string of the molecule is CSc1cnc(N2CCC3(CC2)O[C@@H]2CC[C@@H](c4cc(F)cc(F)c4)N2C3=O)nc1. The normalized spacial score (nSPS) is 25.2. The van der Waals surface area contributed by atoms with E-state index in [1.165, 1.54) is 12.1 Å².